The predicted molar refractivity (Wildman–Crippen MR) is 107 cm³/mol. The first kappa shape index (κ1) is 21.6. The minimum atomic E-state index is 0. The van der Waals surface area contributed by atoms with E-state index in [1.807, 2.05) is 49.4 Å². The summed E-state index contributed by atoms with van der Waals surface area (Å²) in [5.74, 6) is 1.29. The molecule has 2 aromatic rings. The average molecular weight is 384 g/mol. The first-order valence-electron chi connectivity index (χ1n) is 8.26. The van der Waals surface area contributed by atoms with Crippen molar-refractivity contribution < 1.29 is 9.47 Å². The van der Waals surface area contributed by atoms with Crippen LogP contribution in [-0.4, -0.2) is 12.1 Å². The summed E-state index contributed by atoms with van der Waals surface area (Å²) in [6, 6.07) is 13.9. The molecule has 0 heterocycles. The number of nitrogens with one attached hydrogen (secondary N) is 1. The molecule has 0 fully saturated rings. The Kier molecular flexibility index (Phi) is 8.57. The highest BCUT2D eigenvalue weighted by Crippen LogP contribution is 2.37. The first-order chi connectivity index (χ1) is 11.4. The fourth-order valence-corrected chi connectivity index (χ4v) is 2.51. The van der Waals surface area contributed by atoms with Crippen LogP contribution < -0.4 is 14.8 Å². The Labute approximate surface area is 162 Å². The van der Waals surface area contributed by atoms with E-state index in [1.165, 1.54) is 0 Å². The van der Waals surface area contributed by atoms with Crippen molar-refractivity contribution in [3.63, 3.8) is 0 Å². The molecule has 138 valence electrons. The zero-order valence-electron chi connectivity index (χ0n) is 15.3. The number of benzene rings is 2. The molecule has 0 atom stereocenters. The molecule has 0 bridgehead atoms. The molecule has 0 aliphatic rings. The van der Waals surface area contributed by atoms with E-state index in [-0.39, 0.29) is 17.9 Å². The second-order valence-electron chi connectivity index (χ2n) is 6.72. The second-order valence-corrected chi connectivity index (χ2v) is 7.12. The van der Waals surface area contributed by atoms with E-state index in [0.717, 1.165) is 17.7 Å². The van der Waals surface area contributed by atoms with Crippen LogP contribution in [0.25, 0.3) is 0 Å². The van der Waals surface area contributed by atoms with E-state index < -0.39 is 0 Å². The van der Waals surface area contributed by atoms with Crippen LogP contribution in [-0.2, 0) is 13.2 Å². The fraction of sp³-hybridized carbons (Fsp3) is 0.400. The standard InChI is InChI=1S/C20H26ClNO2.ClH/c1-5-23-18-12-16(13-22-20(2,3)4)11-17(21)19(18)24-14-15-9-7-6-8-10-15;/h6-12,22H,5,13-14H2,1-4H3;1H. The number of rotatable bonds is 7. The molecule has 0 spiro atoms. The fourth-order valence-electron chi connectivity index (χ4n) is 2.22. The summed E-state index contributed by atoms with van der Waals surface area (Å²) in [6.07, 6.45) is 0. The Morgan fingerprint density at radius 2 is 1.68 bits per heavy atom. The summed E-state index contributed by atoms with van der Waals surface area (Å²) in [6.45, 7) is 10.1. The number of hydrogen-bond acceptors (Lipinski definition) is 3. The topological polar surface area (TPSA) is 30.5 Å². The Hall–Kier alpha value is -1.42. The van der Waals surface area contributed by atoms with Crippen LogP contribution in [0, 0.1) is 0 Å². The Balaban J connectivity index is 0.00000312. The molecule has 3 nitrogen and oxygen atoms in total. The van der Waals surface area contributed by atoms with E-state index in [2.05, 4.69) is 26.1 Å². The highest BCUT2D eigenvalue weighted by atomic mass is 35.5. The molecule has 0 aromatic heterocycles. The van der Waals surface area contributed by atoms with E-state index in [9.17, 15) is 0 Å². The third kappa shape index (κ3) is 7.15. The van der Waals surface area contributed by atoms with Crippen molar-refractivity contribution in [2.75, 3.05) is 6.61 Å². The zero-order valence-corrected chi connectivity index (χ0v) is 16.8. The van der Waals surface area contributed by atoms with Gasteiger partial charge in [0, 0.05) is 12.1 Å². The Morgan fingerprint density at radius 3 is 2.28 bits per heavy atom. The minimum absolute atomic E-state index is 0. The summed E-state index contributed by atoms with van der Waals surface area (Å²) in [5, 5.41) is 4.03. The van der Waals surface area contributed by atoms with Crippen molar-refractivity contribution in [2.45, 2.75) is 46.4 Å². The summed E-state index contributed by atoms with van der Waals surface area (Å²) >= 11 is 6.45. The summed E-state index contributed by atoms with van der Waals surface area (Å²) in [4.78, 5) is 0. The maximum Gasteiger partial charge on any atom is 0.180 e. The smallest absolute Gasteiger partial charge is 0.180 e. The quantitative estimate of drug-likeness (QED) is 0.671. The predicted octanol–water partition coefficient (Wildman–Crippen LogP) is 5.63. The van der Waals surface area contributed by atoms with Gasteiger partial charge in [0.2, 0.25) is 0 Å². The molecule has 5 heteroatoms. The van der Waals surface area contributed by atoms with Crippen molar-refractivity contribution in [3.05, 3.63) is 58.6 Å². The van der Waals surface area contributed by atoms with E-state index in [4.69, 9.17) is 21.1 Å². The minimum Gasteiger partial charge on any atom is -0.490 e. The van der Waals surface area contributed by atoms with Crippen LogP contribution in [0.3, 0.4) is 0 Å². The molecular weight excluding hydrogens is 357 g/mol. The second kappa shape index (κ2) is 9.91. The molecule has 0 aliphatic carbocycles. The first-order valence-corrected chi connectivity index (χ1v) is 8.64. The molecule has 0 saturated heterocycles. The normalized spacial score (nSPS) is 10.9. The van der Waals surface area contributed by atoms with Gasteiger partial charge >= 0.3 is 0 Å². The van der Waals surface area contributed by atoms with Crippen LogP contribution in [0.4, 0.5) is 0 Å². The molecular formula is C20H27Cl2NO2. The van der Waals surface area contributed by atoms with Gasteiger partial charge in [-0.3, -0.25) is 0 Å². The van der Waals surface area contributed by atoms with E-state index in [1.54, 1.807) is 0 Å². The lowest BCUT2D eigenvalue weighted by molar-refractivity contribution is 0.269. The van der Waals surface area contributed by atoms with Gasteiger partial charge in [-0.25, -0.2) is 0 Å². The number of hydrogen-bond donors (Lipinski definition) is 1. The SMILES string of the molecule is CCOc1cc(CNC(C)(C)C)cc(Cl)c1OCc1ccccc1.Cl. The van der Waals surface area contributed by atoms with Crippen molar-refractivity contribution in [1.82, 2.24) is 5.32 Å². The van der Waals surface area contributed by atoms with Gasteiger partial charge in [-0.15, -0.1) is 12.4 Å². The molecule has 2 aromatic carbocycles. The van der Waals surface area contributed by atoms with Gasteiger partial charge in [0.25, 0.3) is 0 Å². The maximum absolute atomic E-state index is 6.45. The molecule has 0 saturated carbocycles. The molecule has 25 heavy (non-hydrogen) atoms. The molecule has 2 rings (SSSR count). The lowest BCUT2D eigenvalue weighted by Crippen LogP contribution is -2.35. The van der Waals surface area contributed by atoms with Gasteiger partial charge in [-0.1, -0.05) is 41.9 Å². The van der Waals surface area contributed by atoms with Gasteiger partial charge in [-0.2, -0.15) is 0 Å². The number of ether oxygens (including phenoxy) is 2. The van der Waals surface area contributed by atoms with Gasteiger partial charge < -0.3 is 14.8 Å². The number of halogens is 2. The van der Waals surface area contributed by atoms with Gasteiger partial charge in [0.1, 0.15) is 6.61 Å². The third-order valence-corrected chi connectivity index (χ3v) is 3.70. The molecule has 0 unspecified atom stereocenters. The highest BCUT2D eigenvalue weighted by Gasteiger charge is 2.15. The monoisotopic (exact) mass is 383 g/mol. The van der Waals surface area contributed by atoms with Gasteiger partial charge in [-0.05, 0) is 51.0 Å². The van der Waals surface area contributed by atoms with Gasteiger partial charge in [0.05, 0.1) is 11.6 Å². The van der Waals surface area contributed by atoms with E-state index in [0.29, 0.717) is 29.7 Å². The van der Waals surface area contributed by atoms with Crippen molar-refractivity contribution in [2.24, 2.45) is 0 Å². The van der Waals surface area contributed by atoms with Gasteiger partial charge in [0.15, 0.2) is 11.5 Å². The van der Waals surface area contributed by atoms with E-state index >= 15 is 0 Å². The Morgan fingerprint density at radius 1 is 1.00 bits per heavy atom. The van der Waals surface area contributed by atoms with Crippen LogP contribution in [0.5, 0.6) is 11.5 Å². The van der Waals surface area contributed by atoms with Crippen LogP contribution in [0.2, 0.25) is 5.02 Å². The van der Waals surface area contributed by atoms with Crippen LogP contribution in [0.1, 0.15) is 38.8 Å². The lowest BCUT2D eigenvalue weighted by Gasteiger charge is -2.21. The molecule has 0 aliphatic heterocycles. The zero-order chi connectivity index (χ0) is 17.6. The summed E-state index contributed by atoms with van der Waals surface area (Å²) in [5.41, 5.74) is 2.21. The van der Waals surface area contributed by atoms with Crippen LogP contribution >= 0.6 is 24.0 Å². The largest absolute Gasteiger partial charge is 0.490 e. The average Bonchev–Trinajstić information content (AvgIpc) is 2.53. The lowest BCUT2D eigenvalue weighted by atomic mass is 10.1. The third-order valence-electron chi connectivity index (χ3n) is 3.42. The maximum atomic E-state index is 6.45. The Bertz CT molecular complexity index is 655. The van der Waals surface area contributed by atoms with Crippen molar-refractivity contribution >= 4 is 24.0 Å². The highest BCUT2D eigenvalue weighted by molar-refractivity contribution is 6.32. The molecule has 0 amide bonds. The summed E-state index contributed by atoms with van der Waals surface area (Å²) < 4.78 is 11.7. The molecule has 1 N–H and O–H groups in total. The van der Waals surface area contributed by atoms with Crippen molar-refractivity contribution in [3.8, 4) is 11.5 Å². The van der Waals surface area contributed by atoms with Crippen LogP contribution in [0.15, 0.2) is 42.5 Å². The molecule has 0 radical (unpaired) electrons. The summed E-state index contributed by atoms with van der Waals surface area (Å²) in [7, 11) is 0. The van der Waals surface area contributed by atoms with Crippen molar-refractivity contribution in [1.29, 1.82) is 0 Å².